The molecule has 1 aromatic rings. The Morgan fingerprint density at radius 2 is 2.27 bits per heavy atom. The fraction of sp³-hybridized carbons (Fsp3) is 0.538. The molecule has 0 amide bonds. The van der Waals surface area contributed by atoms with Gasteiger partial charge in [0.05, 0.1) is 6.04 Å². The molecule has 0 saturated heterocycles. The summed E-state index contributed by atoms with van der Waals surface area (Å²) in [7, 11) is 0. The van der Waals surface area contributed by atoms with Gasteiger partial charge in [-0.2, -0.15) is 0 Å². The van der Waals surface area contributed by atoms with E-state index in [2.05, 4.69) is 24.1 Å². The Hall–Kier alpha value is -1.20. The third-order valence-corrected chi connectivity index (χ3v) is 2.29. The van der Waals surface area contributed by atoms with Gasteiger partial charge in [-0.05, 0) is 38.9 Å². The van der Waals surface area contributed by atoms with Crippen LogP contribution in [0.2, 0.25) is 0 Å². The van der Waals surface area contributed by atoms with E-state index in [1.54, 1.807) is 0 Å². The number of rotatable bonds is 5. The van der Waals surface area contributed by atoms with Crippen LogP contribution in [-0.2, 0) is 0 Å². The van der Waals surface area contributed by atoms with Crippen LogP contribution in [0.1, 0.15) is 44.3 Å². The summed E-state index contributed by atoms with van der Waals surface area (Å²) >= 11 is 0. The molecule has 2 nitrogen and oxygen atoms in total. The van der Waals surface area contributed by atoms with Gasteiger partial charge in [0.15, 0.2) is 0 Å². The van der Waals surface area contributed by atoms with Gasteiger partial charge >= 0.3 is 0 Å². The molecule has 0 aromatic carbocycles. The molecule has 0 aliphatic heterocycles. The second-order valence-electron chi connectivity index (χ2n) is 3.52. The summed E-state index contributed by atoms with van der Waals surface area (Å²) < 4.78 is 5.62. The van der Waals surface area contributed by atoms with Crippen LogP contribution in [0.25, 0.3) is 0 Å². The first-order valence-corrected chi connectivity index (χ1v) is 5.47. The molecule has 1 atom stereocenters. The van der Waals surface area contributed by atoms with Crippen LogP contribution in [0.4, 0.5) is 0 Å². The van der Waals surface area contributed by atoms with Crippen molar-refractivity contribution in [2.75, 3.05) is 6.54 Å². The van der Waals surface area contributed by atoms with Crippen LogP contribution in [0.3, 0.4) is 0 Å². The normalized spacial score (nSPS) is 11.9. The zero-order chi connectivity index (χ0) is 11.1. The maximum absolute atomic E-state index is 5.62. The first-order chi connectivity index (χ1) is 7.27. The minimum Gasteiger partial charge on any atom is -0.465 e. The lowest BCUT2D eigenvalue weighted by molar-refractivity contribution is 0.393. The highest BCUT2D eigenvalue weighted by molar-refractivity contribution is 5.10. The summed E-state index contributed by atoms with van der Waals surface area (Å²) in [6, 6.07) is 4.34. The molecule has 15 heavy (non-hydrogen) atoms. The smallest absolute Gasteiger partial charge is 0.121 e. The molecule has 82 valence electrons. The Kier molecular flexibility index (Phi) is 5.00. The fourth-order valence-corrected chi connectivity index (χ4v) is 1.57. The van der Waals surface area contributed by atoms with Crippen LogP contribution in [0.5, 0.6) is 0 Å². The molecule has 1 N–H and O–H groups in total. The fourth-order valence-electron chi connectivity index (χ4n) is 1.57. The maximum Gasteiger partial charge on any atom is 0.121 e. The van der Waals surface area contributed by atoms with E-state index in [0.717, 1.165) is 30.9 Å². The van der Waals surface area contributed by atoms with Crippen LogP contribution >= 0.6 is 0 Å². The van der Waals surface area contributed by atoms with Crippen molar-refractivity contribution in [1.82, 2.24) is 5.32 Å². The largest absolute Gasteiger partial charge is 0.465 e. The number of furan rings is 1. The molecule has 0 radical (unpaired) electrons. The summed E-state index contributed by atoms with van der Waals surface area (Å²) in [5, 5.41) is 3.41. The standard InChI is InChI=1S/C13H19NO/c1-4-6-7-8-12(14-5-2)13-10-9-11(3)15-13/h9-10,12,14H,5,7-8H2,1-3H3. The molecule has 1 rings (SSSR count). The first kappa shape index (κ1) is 11.9. The average Bonchev–Trinajstić information content (AvgIpc) is 2.64. The highest BCUT2D eigenvalue weighted by Crippen LogP contribution is 2.20. The minimum atomic E-state index is 0.296. The summed E-state index contributed by atoms with van der Waals surface area (Å²) in [5.41, 5.74) is 0. The molecule has 0 spiro atoms. The molecule has 0 aliphatic rings. The van der Waals surface area contributed by atoms with Crippen molar-refractivity contribution >= 4 is 0 Å². The van der Waals surface area contributed by atoms with E-state index in [0.29, 0.717) is 6.04 Å². The third-order valence-electron chi connectivity index (χ3n) is 2.29. The highest BCUT2D eigenvalue weighted by Gasteiger charge is 2.12. The predicted octanol–water partition coefficient (Wildman–Crippen LogP) is 3.04. The summed E-state index contributed by atoms with van der Waals surface area (Å²) in [4.78, 5) is 0. The Balaban J connectivity index is 2.59. The average molecular weight is 205 g/mol. The molecule has 1 heterocycles. The molecule has 0 bridgehead atoms. The van der Waals surface area contributed by atoms with Crippen molar-refractivity contribution in [1.29, 1.82) is 0 Å². The van der Waals surface area contributed by atoms with Gasteiger partial charge in [0.2, 0.25) is 0 Å². The van der Waals surface area contributed by atoms with Crippen molar-refractivity contribution in [3.8, 4) is 11.8 Å². The van der Waals surface area contributed by atoms with Gasteiger partial charge in [0.1, 0.15) is 11.5 Å². The van der Waals surface area contributed by atoms with E-state index in [4.69, 9.17) is 4.42 Å². The van der Waals surface area contributed by atoms with E-state index in [-0.39, 0.29) is 0 Å². The number of hydrogen-bond donors (Lipinski definition) is 1. The SMILES string of the molecule is CC#CCCC(NCC)c1ccc(C)o1. The molecule has 0 aliphatic carbocycles. The van der Waals surface area contributed by atoms with Gasteiger partial charge in [-0.3, -0.25) is 0 Å². The van der Waals surface area contributed by atoms with Gasteiger partial charge in [0.25, 0.3) is 0 Å². The van der Waals surface area contributed by atoms with Gasteiger partial charge < -0.3 is 9.73 Å². The van der Waals surface area contributed by atoms with E-state index >= 15 is 0 Å². The molecule has 0 saturated carbocycles. The summed E-state index contributed by atoms with van der Waals surface area (Å²) in [6.45, 7) is 6.90. The monoisotopic (exact) mass is 205 g/mol. The summed E-state index contributed by atoms with van der Waals surface area (Å²) in [6.07, 6.45) is 1.91. The maximum atomic E-state index is 5.62. The van der Waals surface area contributed by atoms with E-state index in [1.807, 2.05) is 26.0 Å². The zero-order valence-corrected chi connectivity index (χ0v) is 9.76. The lowest BCUT2D eigenvalue weighted by atomic mass is 10.1. The quantitative estimate of drug-likeness (QED) is 0.747. The topological polar surface area (TPSA) is 25.2 Å². The van der Waals surface area contributed by atoms with E-state index < -0.39 is 0 Å². The van der Waals surface area contributed by atoms with Crippen molar-refractivity contribution in [3.63, 3.8) is 0 Å². The number of hydrogen-bond acceptors (Lipinski definition) is 2. The lowest BCUT2D eigenvalue weighted by Gasteiger charge is -2.13. The lowest BCUT2D eigenvalue weighted by Crippen LogP contribution is -2.20. The van der Waals surface area contributed by atoms with Gasteiger partial charge in [-0.15, -0.1) is 11.8 Å². The minimum absolute atomic E-state index is 0.296. The van der Waals surface area contributed by atoms with Crippen LogP contribution < -0.4 is 5.32 Å². The van der Waals surface area contributed by atoms with Crippen LogP contribution in [0.15, 0.2) is 16.5 Å². The van der Waals surface area contributed by atoms with Crippen molar-refractivity contribution in [2.45, 2.75) is 39.7 Å². The van der Waals surface area contributed by atoms with Crippen LogP contribution in [-0.4, -0.2) is 6.54 Å². The third kappa shape index (κ3) is 3.81. The molecule has 2 heteroatoms. The zero-order valence-electron chi connectivity index (χ0n) is 9.76. The van der Waals surface area contributed by atoms with Crippen molar-refractivity contribution < 1.29 is 4.42 Å². The van der Waals surface area contributed by atoms with Crippen LogP contribution in [0, 0.1) is 18.8 Å². The molecular formula is C13H19NO. The number of aryl methyl sites for hydroxylation is 1. The van der Waals surface area contributed by atoms with Gasteiger partial charge in [0, 0.05) is 6.42 Å². The highest BCUT2D eigenvalue weighted by atomic mass is 16.3. The molecule has 1 unspecified atom stereocenters. The number of nitrogens with one attached hydrogen (secondary N) is 1. The Morgan fingerprint density at radius 3 is 2.80 bits per heavy atom. The van der Waals surface area contributed by atoms with E-state index in [9.17, 15) is 0 Å². The second-order valence-corrected chi connectivity index (χ2v) is 3.52. The predicted molar refractivity (Wildman–Crippen MR) is 62.5 cm³/mol. The Labute approximate surface area is 92.1 Å². The molecule has 1 aromatic heterocycles. The Morgan fingerprint density at radius 1 is 1.47 bits per heavy atom. The molecule has 0 fully saturated rings. The van der Waals surface area contributed by atoms with E-state index in [1.165, 1.54) is 0 Å². The van der Waals surface area contributed by atoms with Gasteiger partial charge in [-0.25, -0.2) is 0 Å². The first-order valence-electron chi connectivity index (χ1n) is 5.47. The van der Waals surface area contributed by atoms with Crippen molar-refractivity contribution in [3.05, 3.63) is 23.7 Å². The second kappa shape index (κ2) is 6.31. The van der Waals surface area contributed by atoms with Crippen molar-refractivity contribution in [2.24, 2.45) is 0 Å². The molecular weight excluding hydrogens is 186 g/mol. The Bertz CT molecular complexity index is 343. The van der Waals surface area contributed by atoms with Gasteiger partial charge in [-0.1, -0.05) is 6.92 Å². The summed E-state index contributed by atoms with van der Waals surface area (Å²) in [5.74, 6) is 7.98.